The molecule has 2 aromatic heterocycles. The third-order valence-corrected chi connectivity index (χ3v) is 1.89. The van der Waals surface area contributed by atoms with E-state index in [0.717, 1.165) is 24.6 Å². The number of H-pyrrole nitrogens is 1. The molecule has 1 N–H and O–H groups in total. The van der Waals surface area contributed by atoms with Crippen LogP contribution < -0.4 is 0 Å². The topological polar surface area (TPSA) is 72.3 Å². The molecule has 0 saturated carbocycles. The maximum Gasteiger partial charge on any atom is 0.176 e. The fourth-order valence-corrected chi connectivity index (χ4v) is 1.15. The Labute approximate surface area is 75.0 Å². The second kappa shape index (κ2) is 3.34. The van der Waals surface area contributed by atoms with E-state index in [4.69, 9.17) is 0 Å². The van der Waals surface area contributed by atoms with E-state index < -0.39 is 0 Å². The zero-order chi connectivity index (χ0) is 9.10. The molecule has 6 heteroatoms. The summed E-state index contributed by atoms with van der Waals surface area (Å²) in [6.07, 6.45) is 4.49. The predicted molar refractivity (Wildman–Crippen MR) is 44.8 cm³/mol. The number of rotatable bonds is 3. The molecule has 2 heterocycles. The fraction of sp³-hybridized carbons (Fsp3) is 0.429. The summed E-state index contributed by atoms with van der Waals surface area (Å²) < 4.78 is 2.05. The second-order valence-electron chi connectivity index (χ2n) is 2.75. The highest BCUT2D eigenvalue weighted by Crippen LogP contribution is 1.97. The summed E-state index contributed by atoms with van der Waals surface area (Å²) in [7, 11) is 0. The lowest BCUT2D eigenvalue weighted by Gasteiger charge is -2.00. The molecule has 0 aromatic carbocycles. The highest BCUT2D eigenvalue weighted by atomic mass is 15.5. The molecule has 0 aliphatic rings. The van der Waals surface area contributed by atoms with Gasteiger partial charge in [0.25, 0.3) is 0 Å². The molecule has 0 bridgehead atoms. The summed E-state index contributed by atoms with van der Waals surface area (Å²) in [5, 5.41) is 13.6. The molecule has 13 heavy (non-hydrogen) atoms. The molecular weight excluding hydrogens is 168 g/mol. The van der Waals surface area contributed by atoms with Crippen molar-refractivity contribution >= 4 is 0 Å². The smallest absolute Gasteiger partial charge is 0.176 e. The van der Waals surface area contributed by atoms with Crippen molar-refractivity contribution in [3.63, 3.8) is 0 Å². The van der Waals surface area contributed by atoms with E-state index in [1.54, 1.807) is 6.20 Å². The van der Waals surface area contributed by atoms with Gasteiger partial charge in [0.2, 0.25) is 0 Å². The van der Waals surface area contributed by atoms with Crippen molar-refractivity contribution in [3.05, 3.63) is 24.0 Å². The van der Waals surface area contributed by atoms with Crippen molar-refractivity contribution in [2.45, 2.75) is 19.9 Å². The number of hydrogen-bond acceptors (Lipinski definition) is 4. The molecule has 0 amide bonds. The maximum absolute atomic E-state index is 4.12. The van der Waals surface area contributed by atoms with Gasteiger partial charge in [-0.15, -0.1) is 10.2 Å². The number of nitrogens with zero attached hydrogens (tertiary/aromatic N) is 5. The van der Waals surface area contributed by atoms with Gasteiger partial charge in [-0.1, -0.05) is 5.21 Å². The Morgan fingerprint density at radius 1 is 1.54 bits per heavy atom. The van der Waals surface area contributed by atoms with Gasteiger partial charge in [-0.05, 0) is 6.92 Å². The van der Waals surface area contributed by atoms with Crippen LogP contribution in [0.1, 0.15) is 11.6 Å². The number of nitrogens with one attached hydrogen (secondary N) is 1. The van der Waals surface area contributed by atoms with Crippen LogP contribution in [0.3, 0.4) is 0 Å². The Morgan fingerprint density at radius 3 is 3.08 bits per heavy atom. The minimum Gasteiger partial charge on any atom is -0.335 e. The lowest BCUT2D eigenvalue weighted by Crippen LogP contribution is -2.03. The van der Waals surface area contributed by atoms with Gasteiger partial charge in [0.1, 0.15) is 5.82 Å². The van der Waals surface area contributed by atoms with Crippen LogP contribution in [-0.4, -0.2) is 30.2 Å². The van der Waals surface area contributed by atoms with Crippen molar-refractivity contribution in [3.8, 4) is 0 Å². The molecule has 0 aliphatic heterocycles. The minimum absolute atomic E-state index is 0.730. The number of aromatic nitrogens is 6. The van der Waals surface area contributed by atoms with Crippen LogP contribution in [0.4, 0.5) is 0 Å². The summed E-state index contributed by atoms with van der Waals surface area (Å²) in [4.78, 5) is 4.12. The van der Waals surface area contributed by atoms with Crippen LogP contribution in [0.2, 0.25) is 0 Å². The van der Waals surface area contributed by atoms with Crippen LogP contribution >= 0.6 is 0 Å². The molecule has 6 nitrogen and oxygen atoms in total. The van der Waals surface area contributed by atoms with Gasteiger partial charge in [-0.2, -0.15) is 5.21 Å². The molecule has 0 spiro atoms. The Hall–Kier alpha value is -1.72. The van der Waals surface area contributed by atoms with Crippen LogP contribution in [0, 0.1) is 6.92 Å². The van der Waals surface area contributed by atoms with E-state index in [-0.39, 0.29) is 0 Å². The van der Waals surface area contributed by atoms with Crippen LogP contribution in [-0.2, 0) is 13.0 Å². The zero-order valence-corrected chi connectivity index (χ0v) is 7.30. The SMILES string of the molecule is Cc1nccn1CCc1nn[nH]n1. The lowest BCUT2D eigenvalue weighted by molar-refractivity contribution is 0.653. The van der Waals surface area contributed by atoms with Gasteiger partial charge < -0.3 is 4.57 Å². The van der Waals surface area contributed by atoms with E-state index >= 15 is 0 Å². The quantitative estimate of drug-likeness (QED) is 0.715. The Morgan fingerprint density at radius 2 is 2.46 bits per heavy atom. The van der Waals surface area contributed by atoms with Gasteiger partial charge >= 0.3 is 0 Å². The van der Waals surface area contributed by atoms with E-state index in [2.05, 4.69) is 30.2 Å². The third-order valence-electron chi connectivity index (χ3n) is 1.89. The average Bonchev–Trinajstić information content (AvgIpc) is 2.72. The third kappa shape index (κ3) is 1.71. The zero-order valence-electron chi connectivity index (χ0n) is 7.30. The van der Waals surface area contributed by atoms with Gasteiger partial charge in [0.15, 0.2) is 5.82 Å². The number of tetrazole rings is 1. The van der Waals surface area contributed by atoms with E-state index in [1.165, 1.54) is 0 Å². The van der Waals surface area contributed by atoms with Gasteiger partial charge in [0.05, 0.1) is 0 Å². The van der Waals surface area contributed by atoms with Crippen molar-refractivity contribution < 1.29 is 0 Å². The predicted octanol–water partition coefficient (Wildman–Crippen LogP) is -0.0527. The Bertz CT molecular complexity index is 362. The normalized spacial score (nSPS) is 10.5. The summed E-state index contributed by atoms with van der Waals surface area (Å²) in [6, 6.07) is 0. The fourth-order valence-electron chi connectivity index (χ4n) is 1.15. The number of aromatic amines is 1. The standard InChI is InChI=1S/C7H10N6/c1-6-8-3-5-13(6)4-2-7-9-11-12-10-7/h3,5H,2,4H2,1H3,(H,9,10,11,12). The molecule has 2 rings (SSSR count). The average molecular weight is 178 g/mol. The Kier molecular flexibility index (Phi) is 2.03. The molecule has 0 saturated heterocycles. The van der Waals surface area contributed by atoms with Crippen molar-refractivity contribution in [2.75, 3.05) is 0 Å². The van der Waals surface area contributed by atoms with Crippen LogP contribution in [0.15, 0.2) is 12.4 Å². The first-order valence-electron chi connectivity index (χ1n) is 4.06. The molecule has 0 unspecified atom stereocenters. The van der Waals surface area contributed by atoms with Crippen LogP contribution in [0.5, 0.6) is 0 Å². The van der Waals surface area contributed by atoms with Crippen molar-refractivity contribution in [2.24, 2.45) is 0 Å². The van der Waals surface area contributed by atoms with Crippen molar-refractivity contribution in [1.29, 1.82) is 0 Å². The maximum atomic E-state index is 4.12. The van der Waals surface area contributed by atoms with Gasteiger partial charge in [0, 0.05) is 25.4 Å². The molecule has 0 atom stereocenters. The van der Waals surface area contributed by atoms with Crippen LogP contribution in [0.25, 0.3) is 0 Å². The highest BCUT2D eigenvalue weighted by Gasteiger charge is 2.00. The highest BCUT2D eigenvalue weighted by molar-refractivity contribution is 4.89. The summed E-state index contributed by atoms with van der Waals surface area (Å²) in [6.45, 7) is 2.81. The molecule has 2 aromatic rings. The van der Waals surface area contributed by atoms with Gasteiger partial charge in [-0.25, -0.2) is 4.98 Å². The molecule has 0 radical (unpaired) electrons. The molecule has 0 aliphatic carbocycles. The number of aryl methyl sites for hydroxylation is 3. The number of hydrogen-bond donors (Lipinski definition) is 1. The van der Waals surface area contributed by atoms with Gasteiger partial charge in [-0.3, -0.25) is 0 Å². The summed E-state index contributed by atoms with van der Waals surface area (Å²) >= 11 is 0. The summed E-state index contributed by atoms with van der Waals surface area (Å²) in [5.41, 5.74) is 0. The molecule has 68 valence electrons. The first-order valence-corrected chi connectivity index (χ1v) is 4.06. The minimum atomic E-state index is 0.730. The van der Waals surface area contributed by atoms with E-state index in [1.807, 2.05) is 13.1 Å². The molecule has 0 fully saturated rings. The monoisotopic (exact) mass is 178 g/mol. The second-order valence-corrected chi connectivity index (χ2v) is 2.75. The largest absolute Gasteiger partial charge is 0.335 e. The lowest BCUT2D eigenvalue weighted by atomic mass is 10.4. The van der Waals surface area contributed by atoms with E-state index in [9.17, 15) is 0 Å². The summed E-state index contributed by atoms with van der Waals surface area (Å²) in [5.74, 6) is 1.73. The molecular formula is C7H10N6. The Balaban J connectivity index is 1.97. The van der Waals surface area contributed by atoms with E-state index in [0.29, 0.717) is 0 Å². The van der Waals surface area contributed by atoms with Crippen molar-refractivity contribution in [1.82, 2.24) is 30.2 Å². The number of imidazole rings is 1. The first kappa shape index (κ1) is 7.90. The first-order chi connectivity index (χ1) is 6.36.